The van der Waals surface area contributed by atoms with Gasteiger partial charge < -0.3 is 4.74 Å². The molecule has 0 aliphatic heterocycles. The van der Waals surface area contributed by atoms with Crippen LogP contribution in [-0.2, 0) is 12.5 Å². The second-order valence-electron chi connectivity index (χ2n) is 9.99. The van der Waals surface area contributed by atoms with Gasteiger partial charge in [-0.05, 0) is 83.6 Å². The predicted octanol–water partition coefficient (Wildman–Crippen LogP) is 10.9. The highest BCUT2D eigenvalue weighted by molar-refractivity contribution is 5.72. The van der Waals surface area contributed by atoms with Gasteiger partial charge in [0.25, 0.3) is 0 Å². The minimum Gasteiger partial charge on any atom is -0.429 e. The van der Waals surface area contributed by atoms with Crippen LogP contribution in [0.15, 0.2) is 97.1 Å². The van der Waals surface area contributed by atoms with E-state index in [9.17, 15) is 35.1 Å². The fourth-order valence-electron chi connectivity index (χ4n) is 4.73. The Morgan fingerprint density at radius 2 is 1.04 bits per heavy atom. The third kappa shape index (κ3) is 6.60. The van der Waals surface area contributed by atoms with Gasteiger partial charge in [0.2, 0.25) is 0 Å². The number of alkyl halides is 2. The van der Waals surface area contributed by atoms with Crippen LogP contribution in [0.5, 0.6) is 5.75 Å². The van der Waals surface area contributed by atoms with E-state index in [1.807, 2.05) is 31.2 Å². The molecule has 10 heteroatoms. The first kappa shape index (κ1) is 31.4. The first-order valence-corrected chi connectivity index (χ1v) is 13.4. The number of halogens is 9. The first-order valence-electron chi connectivity index (χ1n) is 13.4. The van der Waals surface area contributed by atoms with Gasteiger partial charge in [0.05, 0.1) is 0 Å². The fourth-order valence-corrected chi connectivity index (χ4v) is 4.73. The van der Waals surface area contributed by atoms with E-state index >= 15 is 4.39 Å². The largest absolute Gasteiger partial charge is 0.432 e. The van der Waals surface area contributed by atoms with Gasteiger partial charge in [-0.1, -0.05) is 48.6 Å². The maximum absolute atomic E-state index is 15.1. The zero-order valence-electron chi connectivity index (χ0n) is 23.3. The van der Waals surface area contributed by atoms with Crippen LogP contribution in [0.2, 0.25) is 0 Å². The van der Waals surface area contributed by atoms with Gasteiger partial charge in [-0.25, -0.2) is 30.7 Å². The van der Waals surface area contributed by atoms with E-state index in [-0.39, 0.29) is 11.1 Å². The van der Waals surface area contributed by atoms with Crippen molar-refractivity contribution in [2.75, 3.05) is 0 Å². The van der Waals surface area contributed by atoms with Gasteiger partial charge in [0.1, 0.15) is 34.6 Å². The molecule has 5 aromatic carbocycles. The molecule has 230 valence electrons. The second-order valence-corrected chi connectivity index (χ2v) is 9.99. The Kier molecular flexibility index (Phi) is 8.77. The summed E-state index contributed by atoms with van der Waals surface area (Å²) in [4.78, 5) is 0. The molecule has 0 radical (unpaired) electrons. The molecule has 0 amide bonds. The van der Waals surface area contributed by atoms with Gasteiger partial charge in [-0.2, -0.15) is 8.78 Å². The zero-order chi connectivity index (χ0) is 32.5. The monoisotopic (exact) mass is 628 g/mol. The quantitative estimate of drug-likeness (QED) is 0.0944. The van der Waals surface area contributed by atoms with E-state index in [2.05, 4.69) is 4.74 Å². The van der Waals surface area contributed by atoms with E-state index in [1.165, 1.54) is 12.1 Å². The lowest BCUT2D eigenvalue weighted by molar-refractivity contribution is -0.189. The Labute approximate surface area is 251 Å². The number of allylic oxidation sites excluding steroid dienone is 2. The van der Waals surface area contributed by atoms with Crippen LogP contribution < -0.4 is 4.74 Å². The lowest BCUT2D eigenvalue weighted by Crippen LogP contribution is -2.25. The molecule has 0 fully saturated rings. The van der Waals surface area contributed by atoms with Crippen molar-refractivity contribution < 1.29 is 44.3 Å². The Balaban J connectivity index is 1.38. The van der Waals surface area contributed by atoms with Gasteiger partial charge in [-0.3, -0.25) is 0 Å². The van der Waals surface area contributed by atoms with Gasteiger partial charge in [0, 0.05) is 17.2 Å². The molecule has 0 aliphatic carbocycles. The van der Waals surface area contributed by atoms with Crippen LogP contribution in [0.25, 0.3) is 33.4 Å². The summed E-state index contributed by atoms with van der Waals surface area (Å²) < 4.78 is 134. The lowest BCUT2D eigenvalue weighted by atomic mass is 9.97. The molecule has 0 aromatic heterocycles. The molecule has 5 aromatic rings. The summed E-state index contributed by atoms with van der Waals surface area (Å²) in [6.07, 6.45) is -0.0400. The van der Waals surface area contributed by atoms with E-state index in [0.717, 1.165) is 30.2 Å². The van der Waals surface area contributed by atoms with Gasteiger partial charge >= 0.3 is 6.11 Å². The van der Waals surface area contributed by atoms with Crippen LogP contribution >= 0.6 is 0 Å². The molecule has 0 unspecified atom stereocenters. The SMILES string of the molecule is CC=CCc1ccc(-c2ccc(-c3cc(F)c(C(F)(F)Oc4ccc(-c5cc(F)c(F)c(F)c5)c(F)c4)c(F)c3)c(F)c2)cc1. The molecule has 0 saturated carbocycles. The molecule has 0 saturated heterocycles. The summed E-state index contributed by atoms with van der Waals surface area (Å²) in [5.41, 5.74) is -1.12. The highest BCUT2D eigenvalue weighted by Crippen LogP contribution is 2.39. The normalized spacial score (nSPS) is 11.8. The molecule has 5 rings (SSSR count). The molecule has 0 bridgehead atoms. The van der Waals surface area contributed by atoms with Crippen molar-refractivity contribution in [2.24, 2.45) is 0 Å². The highest BCUT2D eigenvalue weighted by Gasteiger charge is 2.41. The third-order valence-electron chi connectivity index (χ3n) is 6.97. The maximum Gasteiger partial charge on any atom is 0.432 e. The average molecular weight is 629 g/mol. The smallest absolute Gasteiger partial charge is 0.429 e. The van der Waals surface area contributed by atoms with Gasteiger partial charge in [0.15, 0.2) is 17.5 Å². The number of hydrogen-bond acceptors (Lipinski definition) is 1. The van der Waals surface area contributed by atoms with Crippen LogP contribution in [0.1, 0.15) is 18.1 Å². The summed E-state index contributed by atoms with van der Waals surface area (Å²) in [5.74, 6) is -11.5. The predicted molar refractivity (Wildman–Crippen MR) is 152 cm³/mol. The van der Waals surface area contributed by atoms with Crippen molar-refractivity contribution in [1.29, 1.82) is 0 Å². The molecule has 45 heavy (non-hydrogen) atoms. The molecule has 0 spiro atoms. The Bertz CT molecular complexity index is 1870. The van der Waals surface area contributed by atoms with Crippen molar-refractivity contribution in [1.82, 2.24) is 0 Å². The summed E-state index contributed by atoms with van der Waals surface area (Å²) in [5, 5.41) is 0. The maximum atomic E-state index is 15.1. The lowest BCUT2D eigenvalue weighted by Gasteiger charge is -2.20. The minimum absolute atomic E-state index is 0.247. The fraction of sp³-hybridized carbons (Fsp3) is 0.0857. The van der Waals surface area contributed by atoms with Crippen molar-refractivity contribution in [3.05, 3.63) is 149 Å². The minimum atomic E-state index is -4.67. The number of benzene rings is 5. The molecular formula is C35H21F9O. The Morgan fingerprint density at radius 3 is 1.58 bits per heavy atom. The van der Waals surface area contributed by atoms with Crippen LogP contribution in [0.3, 0.4) is 0 Å². The Hall–Kier alpha value is -4.99. The zero-order valence-corrected chi connectivity index (χ0v) is 23.3. The molecule has 1 nitrogen and oxygen atoms in total. The molecular weight excluding hydrogens is 607 g/mol. The van der Waals surface area contributed by atoms with E-state index in [4.69, 9.17) is 0 Å². The van der Waals surface area contributed by atoms with E-state index < -0.39 is 69.3 Å². The molecule has 0 heterocycles. The standard InChI is InChI=1S/C35H21F9O/c1-2-3-4-19-5-7-20(8-6-19)21-9-11-25(27(36)13-21)22-14-29(38)33(30(39)15-22)35(43,44)45-24-10-12-26(28(37)18-24)23-16-31(40)34(42)32(41)17-23/h2-3,5-18H,4H2,1H3. The van der Waals surface area contributed by atoms with Crippen LogP contribution in [-0.4, -0.2) is 0 Å². The number of ether oxygens (including phenoxy) is 1. The van der Waals surface area contributed by atoms with E-state index in [0.29, 0.717) is 41.5 Å². The summed E-state index contributed by atoms with van der Waals surface area (Å²) in [7, 11) is 0. The Morgan fingerprint density at radius 1 is 0.556 bits per heavy atom. The second kappa shape index (κ2) is 12.6. The molecule has 0 N–H and O–H groups in total. The average Bonchev–Trinajstić information content (AvgIpc) is 2.98. The summed E-state index contributed by atoms with van der Waals surface area (Å²) in [6, 6.07) is 15.3. The van der Waals surface area contributed by atoms with Crippen LogP contribution in [0.4, 0.5) is 39.5 Å². The van der Waals surface area contributed by atoms with E-state index in [1.54, 1.807) is 12.1 Å². The third-order valence-corrected chi connectivity index (χ3v) is 6.97. The van der Waals surface area contributed by atoms with Crippen molar-refractivity contribution in [3.63, 3.8) is 0 Å². The van der Waals surface area contributed by atoms with Crippen molar-refractivity contribution in [3.8, 4) is 39.1 Å². The van der Waals surface area contributed by atoms with Crippen molar-refractivity contribution in [2.45, 2.75) is 19.5 Å². The van der Waals surface area contributed by atoms with Gasteiger partial charge in [-0.15, -0.1) is 0 Å². The molecule has 0 atom stereocenters. The van der Waals surface area contributed by atoms with Crippen LogP contribution in [0, 0.1) is 40.7 Å². The summed E-state index contributed by atoms with van der Waals surface area (Å²) in [6.45, 7) is 1.90. The first-order chi connectivity index (χ1) is 21.4. The summed E-state index contributed by atoms with van der Waals surface area (Å²) >= 11 is 0. The topological polar surface area (TPSA) is 9.23 Å². The number of hydrogen-bond donors (Lipinski definition) is 0. The van der Waals surface area contributed by atoms with Crippen molar-refractivity contribution >= 4 is 0 Å². The highest BCUT2D eigenvalue weighted by atomic mass is 19.3. The molecule has 0 aliphatic rings. The number of rotatable bonds is 8.